The number of aromatic nitrogens is 1. The molecule has 0 radical (unpaired) electrons. The standard InChI is InChI=1S/C21H28N4O2/c1-16-5-4-6-19(17(16)2)23-20(26)15-25-11-9-24(10-12-25)14-18-7-8-22-21(13-18)27-3/h4-8,13H,9-12,14-15H2,1-3H3,(H,23,26). The van der Waals surface area contributed by atoms with Crippen molar-refractivity contribution in [2.45, 2.75) is 20.4 Å². The van der Waals surface area contributed by atoms with E-state index in [1.54, 1.807) is 13.3 Å². The summed E-state index contributed by atoms with van der Waals surface area (Å²) in [5, 5.41) is 3.05. The molecule has 6 heteroatoms. The molecule has 1 aliphatic heterocycles. The van der Waals surface area contributed by atoms with Gasteiger partial charge in [0.25, 0.3) is 0 Å². The first-order chi connectivity index (χ1) is 13.0. The molecule has 27 heavy (non-hydrogen) atoms. The summed E-state index contributed by atoms with van der Waals surface area (Å²) >= 11 is 0. The smallest absolute Gasteiger partial charge is 0.238 e. The van der Waals surface area contributed by atoms with Crippen LogP contribution in [0, 0.1) is 13.8 Å². The van der Waals surface area contributed by atoms with Gasteiger partial charge in [0, 0.05) is 50.7 Å². The van der Waals surface area contributed by atoms with Crippen molar-refractivity contribution >= 4 is 11.6 Å². The zero-order valence-corrected chi connectivity index (χ0v) is 16.4. The summed E-state index contributed by atoms with van der Waals surface area (Å²) < 4.78 is 5.19. The molecular weight excluding hydrogens is 340 g/mol. The monoisotopic (exact) mass is 368 g/mol. The summed E-state index contributed by atoms with van der Waals surface area (Å²) in [7, 11) is 1.63. The number of anilines is 1. The van der Waals surface area contributed by atoms with Crippen molar-refractivity contribution in [1.82, 2.24) is 14.8 Å². The molecule has 1 N–H and O–H groups in total. The van der Waals surface area contributed by atoms with Gasteiger partial charge in [-0.2, -0.15) is 0 Å². The maximum atomic E-state index is 12.4. The largest absolute Gasteiger partial charge is 0.481 e. The van der Waals surface area contributed by atoms with E-state index < -0.39 is 0 Å². The first-order valence-corrected chi connectivity index (χ1v) is 9.35. The molecule has 144 valence electrons. The van der Waals surface area contributed by atoms with E-state index in [4.69, 9.17) is 4.74 Å². The van der Waals surface area contributed by atoms with Crippen molar-refractivity contribution in [2.24, 2.45) is 0 Å². The highest BCUT2D eigenvalue weighted by Crippen LogP contribution is 2.18. The quantitative estimate of drug-likeness (QED) is 0.849. The van der Waals surface area contributed by atoms with Crippen LogP contribution in [-0.4, -0.2) is 60.5 Å². The van der Waals surface area contributed by atoms with Crippen LogP contribution in [0.1, 0.15) is 16.7 Å². The van der Waals surface area contributed by atoms with E-state index in [2.05, 4.69) is 33.1 Å². The van der Waals surface area contributed by atoms with Gasteiger partial charge < -0.3 is 10.1 Å². The number of amides is 1. The molecular formula is C21H28N4O2. The van der Waals surface area contributed by atoms with Crippen LogP contribution in [0.4, 0.5) is 5.69 Å². The average Bonchev–Trinajstić information content (AvgIpc) is 2.67. The Kier molecular flexibility index (Phi) is 6.42. The third-order valence-electron chi connectivity index (χ3n) is 5.13. The van der Waals surface area contributed by atoms with E-state index in [1.165, 1.54) is 11.1 Å². The average molecular weight is 368 g/mol. The van der Waals surface area contributed by atoms with Gasteiger partial charge in [0.1, 0.15) is 0 Å². The van der Waals surface area contributed by atoms with Gasteiger partial charge in [0.15, 0.2) is 0 Å². The number of carbonyl (C=O) groups excluding carboxylic acids is 1. The van der Waals surface area contributed by atoms with Crippen LogP contribution in [0.5, 0.6) is 5.88 Å². The molecule has 0 spiro atoms. The molecule has 1 saturated heterocycles. The fourth-order valence-electron chi connectivity index (χ4n) is 3.30. The molecule has 1 aliphatic rings. The highest BCUT2D eigenvalue weighted by Gasteiger charge is 2.19. The SMILES string of the molecule is COc1cc(CN2CCN(CC(=O)Nc3cccc(C)c3C)CC2)ccn1. The molecule has 0 saturated carbocycles. The summed E-state index contributed by atoms with van der Waals surface area (Å²) in [6.45, 7) is 9.08. The third-order valence-corrected chi connectivity index (χ3v) is 5.13. The molecule has 1 aromatic carbocycles. The summed E-state index contributed by atoms with van der Waals surface area (Å²) in [6.07, 6.45) is 1.78. The van der Waals surface area contributed by atoms with Crippen LogP contribution in [-0.2, 0) is 11.3 Å². The van der Waals surface area contributed by atoms with Gasteiger partial charge in [-0.05, 0) is 42.7 Å². The number of pyridine rings is 1. The molecule has 0 atom stereocenters. The number of rotatable bonds is 6. The van der Waals surface area contributed by atoms with Crippen molar-refractivity contribution in [3.8, 4) is 5.88 Å². The van der Waals surface area contributed by atoms with Crippen molar-refractivity contribution in [3.63, 3.8) is 0 Å². The van der Waals surface area contributed by atoms with Crippen LogP contribution in [0.2, 0.25) is 0 Å². The number of hydrogen-bond donors (Lipinski definition) is 1. The number of nitrogens with zero attached hydrogens (tertiary/aromatic N) is 3. The molecule has 1 amide bonds. The van der Waals surface area contributed by atoms with E-state index in [0.29, 0.717) is 12.4 Å². The fourth-order valence-corrected chi connectivity index (χ4v) is 3.30. The van der Waals surface area contributed by atoms with E-state index in [0.717, 1.165) is 44.0 Å². The van der Waals surface area contributed by atoms with Gasteiger partial charge in [-0.3, -0.25) is 14.6 Å². The predicted molar refractivity (Wildman–Crippen MR) is 107 cm³/mol. The zero-order valence-electron chi connectivity index (χ0n) is 16.4. The Labute approximate surface area is 161 Å². The van der Waals surface area contributed by atoms with Gasteiger partial charge >= 0.3 is 0 Å². The second-order valence-electron chi connectivity index (χ2n) is 7.05. The number of hydrogen-bond acceptors (Lipinski definition) is 5. The Morgan fingerprint density at radius 1 is 1.15 bits per heavy atom. The van der Waals surface area contributed by atoms with Crippen LogP contribution in [0.3, 0.4) is 0 Å². The van der Waals surface area contributed by atoms with Crippen LogP contribution < -0.4 is 10.1 Å². The fraction of sp³-hybridized carbons (Fsp3) is 0.429. The van der Waals surface area contributed by atoms with Crippen LogP contribution in [0.25, 0.3) is 0 Å². The van der Waals surface area contributed by atoms with Crippen molar-refractivity contribution < 1.29 is 9.53 Å². The molecule has 2 heterocycles. The molecule has 6 nitrogen and oxygen atoms in total. The zero-order chi connectivity index (χ0) is 19.2. The lowest BCUT2D eigenvalue weighted by atomic mass is 10.1. The number of methoxy groups -OCH3 is 1. The normalized spacial score (nSPS) is 15.5. The van der Waals surface area contributed by atoms with Crippen molar-refractivity contribution in [1.29, 1.82) is 0 Å². The minimum Gasteiger partial charge on any atom is -0.481 e. The number of benzene rings is 1. The predicted octanol–water partition coefficient (Wildman–Crippen LogP) is 2.46. The highest BCUT2D eigenvalue weighted by atomic mass is 16.5. The first-order valence-electron chi connectivity index (χ1n) is 9.35. The molecule has 0 unspecified atom stereocenters. The maximum absolute atomic E-state index is 12.4. The number of nitrogens with one attached hydrogen (secondary N) is 1. The Hall–Kier alpha value is -2.44. The van der Waals surface area contributed by atoms with E-state index in [1.807, 2.05) is 31.2 Å². The molecule has 1 aromatic heterocycles. The molecule has 0 aliphatic carbocycles. The number of piperazine rings is 1. The topological polar surface area (TPSA) is 57.7 Å². The summed E-state index contributed by atoms with van der Waals surface area (Å²) in [5.74, 6) is 0.699. The Balaban J connectivity index is 1.46. The Morgan fingerprint density at radius 3 is 2.63 bits per heavy atom. The molecule has 0 bridgehead atoms. The molecule has 1 fully saturated rings. The second-order valence-corrected chi connectivity index (χ2v) is 7.05. The van der Waals surface area contributed by atoms with Crippen molar-refractivity contribution in [3.05, 3.63) is 53.2 Å². The maximum Gasteiger partial charge on any atom is 0.238 e. The van der Waals surface area contributed by atoms with Crippen molar-refractivity contribution in [2.75, 3.05) is 45.2 Å². The van der Waals surface area contributed by atoms with Gasteiger partial charge in [-0.15, -0.1) is 0 Å². The van der Waals surface area contributed by atoms with Gasteiger partial charge in [0.05, 0.1) is 13.7 Å². The van der Waals surface area contributed by atoms with E-state index in [-0.39, 0.29) is 5.91 Å². The molecule has 2 aromatic rings. The highest BCUT2D eigenvalue weighted by molar-refractivity contribution is 5.93. The van der Waals surface area contributed by atoms with E-state index in [9.17, 15) is 4.79 Å². The second kappa shape index (κ2) is 8.97. The molecule has 3 rings (SSSR count). The van der Waals surface area contributed by atoms with E-state index >= 15 is 0 Å². The first kappa shape index (κ1) is 19.3. The lowest BCUT2D eigenvalue weighted by Crippen LogP contribution is -2.48. The number of aryl methyl sites for hydroxylation is 1. The van der Waals surface area contributed by atoms with Gasteiger partial charge in [-0.1, -0.05) is 12.1 Å². The summed E-state index contributed by atoms with van der Waals surface area (Å²) in [5.41, 5.74) is 4.42. The Morgan fingerprint density at radius 2 is 1.89 bits per heavy atom. The van der Waals surface area contributed by atoms with Crippen LogP contribution >= 0.6 is 0 Å². The Bertz CT molecular complexity index is 786. The summed E-state index contributed by atoms with van der Waals surface area (Å²) in [6, 6.07) is 9.99. The van der Waals surface area contributed by atoms with Crippen LogP contribution in [0.15, 0.2) is 36.5 Å². The van der Waals surface area contributed by atoms with Gasteiger partial charge in [-0.25, -0.2) is 4.98 Å². The summed E-state index contributed by atoms with van der Waals surface area (Å²) in [4.78, 5) is 21.2. The lowest BCUT2D eigenvalue weighted by molar-refractivity contribution is -0.117. The number of ether oxygens (including phenoxy) is 1. The lowest BCUT2D eigenvalue weighted by Gasteiger charge is -2.34. The number of carbonyl (C=O) groups is 1. The minimum absolute atomic E-state index is 0.0519. The van der Waals surface area contributed by atoms with Gasteiger partial charge in [0.2, 0.25) is 11.8 Å². The third kappa shape index (κ3) is 5.28. The minimum atomic E-state index is 0.0519.